The lowest BCUT2D eigenvalue weighted by Crippen LogP contribution is -2.48. The lowest BCUT2D eigenvalue weighted by molar-refractivity contribution is -0.114. The number of hydrogen-bond donors (Lipinski definition) is 1. The topological polar surface area (TPSA) is 51.7 Å². The minimum atomic E-state index is -0.0635. The second-order valence-electron chi connectivity index (χ2n) is 8.02. The Morgan fingerprint density at radius 1 is 0.931 bits per heavy atom. The molecule has 6 nitrogen and oxygen atoms in total. The summed E-state index contributed by atoms with van der Waals surface area (Å²) in [7, 11) is 0. The average Bonchev–Trinajstić information content (AvgIpc) is 3.26. The molecule has 0 bridgehead atoms. The first-order chi connectivity index (χ1) is 14.2. The molecule has 1 amide bonds. The summed E-state index contributed by atoms with van der Waals surface area (Å²) in [6, 6.07) is 14.1. The first kappa shape index (κ1) is 19.9. The molecule has 0 radical (unpaired) electrons. The maximum atomic E-state index is 11.3. The minimum absolute atomic E-state index is 0.0635. The van der Waals surface area contributed by atoms with Crippen LogP contribution in [-0.4, -0.2) is 73.0 Å². The summed E-state index contributed by atoms with van der Waals surface area (Å²) in [4.78, 5) is 23.8. The molecule has 1 N–H and O–H groups in total. The predicted molar refractivity (Wildman–Crippen MR) is 118 cm³/mol. The number of rotatable bonds is 6. The highest BCUT2D eigenvalue weighted by Crippen LogP contribution is 2.24. The van der Waals surface area contributed by atoms with Crippen molar-refractivity contribution >= 4 is 17.4 Å². The van der Waals surface area contributed by atoms with Crippen molar-refractivity contribution < 1.29 is 4.79 Å². The van der Waals surface area contributed by atoms with Gasteiger partial charge in [0, 0.05) is 57.4 Å². The number of amides is 1. The number of nitrogens with zero attached hydrogens (tertiary/aromatic N) is 4. The third-order valence-electron chi connectivity index (χ3n) is 5.84. The monoisotopic (exact) mass is 393 g/mol. The van der Waals surface area contributed by atoms with Gasteiger partial charge in [0.05, 0.1) is 5.69 Å². The first-order valence-corrected chi connectivity index (χ1v) is 10.7. The molecule has 2 aliphatic rings. The number of pyridine rings is 1. The van der Waals surface area contributed by atoms with Crippen LogP contribution in [0, 0.1) is 0 Å². The van der Waals surface area contributed by atoms with Crippen molar-refractivity contribution in [2.45, 2.75) is 19.8 Å². The van der Waals surface area contributed by atoms with Crippen LogP contribution in [0.2, 0.25) is 0 Å². The Morgan fingerprint density at radius 3 is 2.34 bits per heavy atom. The van der Waals surface area contributed by atoms with Gasteiger partial charge in [0.2, 0.25) is 5.91 Å². The van der Waals surface area contributed by atoms with Gasteiger partial charge in [0.25, 0.3) is 0 Å². The van der Waals surface area contributed by atoms with Crippen LogP contribution in [0.1, 0.15) is 19.8 Å². The zero-order chi connectivity index (χ0) is 20.1. The third kappa shape index (κ3) is 5.34. The number of anilines is 2. The minimum Gasteiger partial charge on any atom is -0.354 e. The Labute approximate surface area is 173 Å². The van der Waals surface area contributed by atoms with E-state index in [-0.39, 0.29) is 5.91 Å². The number of carbonyl (C=O) groups is 1. The number of piperazine rings is 1. The molecule has 1 aromatic carbocycles. The van der Waals surface area contributed by atoms with Crippen LogP contribution < -0.4 is 10.2 Å². The van der Waals surface area contributed by atoms with Crippen LogP contribution in [0.3, 0.4) is 0 Å². The lowest BCUT2D eigenvalue weighted by Gasteiger charge is -2.36. The second-order valence-corrected chi connectivity index (χ2v) is 8.02. The van der Waals surface area contributed by atoms with Gasteiger partial charge in [-0.15, -0.1) is 0 Å². The summed E-state index contributed by atoms with van der Waals surface area (Å²) in [5.74, 6) is 0.970. The Balaban J connectivity index is 1.36. The van der Waals surface area contributed by atoms with Gasteiger partial charge in [-0.2, -0.15) is 0 Å². The summed E-state index contributed by atoms with van der Waals surface area (Å²) in [5.41, 5.74) is 2.75. The van der Waals surface area contributed by atoms with Crippen LogP contribution in [0.5, 0.6) is 0 Å². The SMILES string of the molecule is CC(=O)Nc1cccc(-c2cccc(N3CCN(CCN4CCCC4)CC3)n2)c1. The molecule has 2 fully saturated rings. The number of carbonyl (C=O) groups excluding carboxylic acids is 1. The van der Waals surface area contributed by atoms with Gasteiger partial charge < -0.3 is 15.1 Å². The maximum Gasteiger partial charge on any atom is 0.221 e. The van der Waals surface area contributed by atoms with Crippen molar-refractivity contribution in [3.8, 4) is 11.3 Å². The number of nitrogens with one attached hydrogen (secondary N) is 1. The van der Waals surface area contributed by atoms with Crippen molar-refractivity contribution in [1.82, 2.24) is 14.8 Å². The molecule has 1 aromatic heterocycles. The summed E-state index contributed by atoms with van der Waals surface area (Å²) < 4.78 is 0. The van der Waals surface area contributed by atoms with Gasteiger partial charge in [-0.1, -0.05) is 18.2 Å². The summed E-state index contributed by atoms with van der Waals surface area (Å²) in [6.45, 7) is 10.7. The number of hydrogen-bond acceptors (Lipinski definition) is 5. The molecule has 0 saturated carbocycles. The zero-order valence-electron chi connectivity index (χ0n) is 17.3. The molecule has 2 aliphatic heterocycles. The van der Waals surface area contributed by atoms with Crippen molar-refractivity contribution in [3.05, 3.63) is 42.5 Å². The average molecular weight is 394 g/mol. The van der Waals surface area contributed by atoms with E-state index in [2.05, 4.69) is 32.1 Å². The van der Waals surface area contributed by atoms with Crippen molar-refractivity contribution in [2.24, 2.45) is 0 Å². The van der Waals surface area contributed by atoms with E-state index < -0.39 is 0 Å². The molecule has 154 valence electrons. The normalized spacial score (nSPS) is 18.2. The number of benzene rings is 1. The Bertz CT molecular complexity index is 826. The van der Waals surface area contributed by atoms with Crippen molar-refractivity contribution in [2.75, 3.05) is 62.6 Å². The van der Waals surface area contributed by atoms with E-state index in [1.165, 1.54) is 45.9 Å². The standard InChI is InChI=1S/C23H31N5O/c1-19(29)24-21-7-4-6-20(18-21)22-8-5-9-23(25-22)28-16-14-27(15-17-28)13-12-26-10-2-3-11-26/h4-9,18H,2-3,10-17H2,1H3,(H,24,29). The van der Waals surface area contributed by atoms with Gasteiger partial charge in [0.15, 0.2) is 0 Å². The highest BCUT2D eigenvalue weighted by Gasteiger charge is 2.19. The van der Waals surface area contributed by atoms with Crippen molar-refractivity contribution in [3.63, 3.8) is 0 Å². The highest BCUT2D eigenvalue weighted by molar-refractivity contribution is 5.89. The van der Waals surface area contributed by atoms with E-state index in [0.29, 0.717) is 0 Å². The molecule has 0 unspecified atom stereocenters. The molecule has 6 heteroatoms. The summed E-state index contributed by atoms with van der Waals surface area (Å²) >= 11 is 0. The number of aromatic nitrogens is 1. The largest absolute Gasteiger partial charge is 0.354 e. The number of likely N-dealkylation sites (tertiary alicyclic amines) is 1. The molecular weight excluding hydrogens is 362 g/mol. The Morgan fingerprint density at radius 2 is 1.62 bits per heavy atom. The third-order valence-corrected chi connectivity index (χ3v) is 5.84. The molecule has 2 saturated heterocycles. The zero-order valence-corrected chi connectivity index (χ0v) is 17.3. The summed E-state index contributed by atoms with van der Waals surface area (Å²) in [6.07, 6.45) is 2.73. The Hall–Kier alpha value is -2.44. The summed E-state index contributed by atoms with van der Waals surface area (Å²) in [5, 5.41) is 2.84. The van der Waals surface area contributed by atoms with E-state index >= 15 is 0 Å². The lowest BCUT2D eigenvalue weighted by atomic mass is 10.1. The van der Waals surface area contributed by atoms with Gasteiger partial charge in [0.1, 0.15) is 5.82 Å². The van der Waals surface area contributed by atoms with E-state index in [4.69, 9.17) is 4.98 Å². The van der Waals surface area contributed by atoms with Gasteiger partial charge in [-0.3, -0.25) is 9.69 Å². The van der Waals surface area contributed by atoms with Gasteiger partial charge >= 0.3 is 0 Å². The molecule has 29 heavy (non-hydrogen) atoms. The highest BCUT2D eigenvalue weighted by atomic mass is 16.1. The van der Waals surface area contributed by atoms with Gasteiger partial charge in [-0.25, -0.2) is 4.98 Å². The maximum absolute atomic E-state index is 11.3. The van der Waals surface area contributed by atoms with Crippen molar-refractivity contribution in [1.29, 1.82) is 0 Å². The van der Waals surface area contributed by atoms with E-state index in [0.717, 1.165) is 48.9 Å². The van der Waals surface area contributed by atoms with Crippen LogP contribution in [0.25, 0.3) is 11.3 Å². The van der Waals surface area contributed by atoms with Crippen LogP contribution >= 0.6 is 0 Å². The van der Waals surface area contributed by atoms with E-state index in [1.807, 2.05) is 30.3 Å². The molecule has 2 aromatic rings. The smallest absolute Gasteiger partial charge is 0.221 e. The fourth-order valence-electron chi connectivity index (χ4n) is 4.21. The van der Waals surface area contributed by atoms with E-state index in [9.17, 15) is 4.79 Å². The molecule has 4 rings (SSSR count). The fraction of sp³-hybridized carbons (Fsp3) is 0.478. The second kappa shape index (κ2) is 9.37. The quantitative estimate of drug-likeness (QED) is 0.818. The van der Waals surface area contributed by atoms with Crippen LogP contribution in [-0.2, 0) is 4.79 Å². The molecule has 0 atom stereocenters. The molecule has 0 spiro atoms. The van der Waals surface area contributed by atoms with Crippen LogP contribution in [0.15, 0.2) is 42.5 Å². The Kier molecular flexibility index (Phi) is 6.42. The molecular formula is C23H31N5O. The van der Waals surface area contributed by atoms with Crippen LogP contribution in [0.4, 0.5) is 11.5 Å². The predicted octanol–water partition coefficient (Wildman–Crippen LogP) is 2.92. The van der Waals surface area contributed by atoms with E-state index in [1.54, 1.807) is 0 Å². The van der Waals surface area contributed by atoms with Gasteiger partial charge in [-0.05, 0) is 50.2 Å². The molecule has 0 aliphatic carbocycles. The first-order valence-electron chi connectivity index (χ1n) is 10.7. The fourth-order valence-corrected chi connectivity index (χ4v) is 4.21. The molecule has 3 heterocycles.